The Morgan fingerprint density at radius 2 is 2.12 bits per heavy atom. The summed E-state index contributed by atoms with van der Waals surface area (Å²) in [6, 6.07) is 5.90. The van der Waals surface area contributed by atoms with Gasteiger partial charge < -0.3 is 4.74 Å². The van der Waals surface area contributed by atoms with Gasteiger partial charge in [-0.3, -0.25) is 0 Å². The largest absolute Gasteiger partial charge is 0.436 e. The predicted octanol–water partition coefficient (Wildman–Crippen LogP) is 3.04. The van der Waals surface area contributed by atoms with Crippen molar-refractivity contribution in [3.63, 3.8) is 0 Å². The van der Waals surface area contributed by atoms with Crippen LogP contribution in [-0.2, 0) is 0 Å². The fourth-order valence-corrected chi connectivity index (χ4v) is 1.42. The number of ether oxygens (including phenoxy) is 1. The zero-order valence-electron chi connectivity index (χ0n) is 8.39. The molecule has 0 amide bonds. The van der Waals surface area contributed by atoms with Crippen LogP contribution in [0.4, 0.5) is 4.39 Å². The molecule has 0 fully saturated rings. The first-order chi connectivity index (χ1) is 8.19. The van der Waals surface area contributed by atoms with Gasteiger partial charge in [0, 0.05) is 6.07 Å². The molecule has 0 atom stereocenters. The number of benzene rings is 1. The highest BCUT2D eigenvalue weighted by atomic mass is 79.9. The van der Waals surface area contributed by atoms with Crippen LogP contribution >= 0.6 is 15.9 Å². The van der Waals surface area contributed by atoms with Crippen LogP contribution in [0.1, 0.15) is 5.69 Å². The Morgan fingerprint density at radius 1 is 1.29 bits per heavy atom. The molecule has 0 aliphatic rings. The maximum absolute atomic E-state index is 13.0. The molecule has 6 heteroatoms. The van der Waals surface area contributed by atoms with Crippen LogP contribution in [0.2, 0.25) is 0 Å². The third-order valence-electron chi connectivity index (χ3n) is 1.85. The Hall–Kier alpha value is -2.00. The normalized spacial score (nSPS) is 9.71. The first-order valence-electron chi connectivity index (χ1n) is 4.54. The average Bonchev–Trinajstić information content (AvgIpc) is 2.35. The highest BCUT2D eigenvalue weighted by molar-refractivity contribution is 9.10. The number of halogens is 2. The molecule has 4 nitrogen and oxygen atoms in total. The lowest BCUT2D eigenvalue weighted by molar-refractivity contribution is 0.452. The lowest BCUT2D eigenvalue weighted by atomic mass is 10.3. The Balaban J connectivity index is 2.25. The quantitative estimate of drug-likeness (QED) is 0.854. The van der Waals surface area contributed by atoms with Crippen LogP contribution in [0.5, 0.6) is 11.6 Å². The Labute approximate surface area is 105 Å². The van der Waals surface area contributed by atoms with E-state index < -0.39 is 5.82 Å². The molecule has 0 saturated heterocycles. The van der Waals surface area contributed by atoms with E-state index >= 15 is 0 Å². The molecule has 1 aromatic heterocycles. The van der Waals surface area contributed by atoms with E-state index in [2.05, 4.69) is 25.9 Å². The molecule has 0 saturated carbocycles. The molecule has 2 aromatic rings. The molecule has 0 bridgehead atoms. The van der Waals surface area contributed by atoms with Crippen molar-refractivity contribution in [1.82, 2.24) is 9.97 Å². The van der Waals surface area contributed by atoms with Gasteiger partial charge >= 0.3 is 0 Å². The maximum Gasteiger partial charge on any atom is 0.237 e. The molecule has 0 N–H and O–H groups in total. The van der Waals surface area contributed by atoms with Crippen LogP contribution in [0.25, 0.3) is 0 Å². The van der Waals surface area contributed by atoms with E-state index in [1.165, 1.54) is 30.6 Å². The van der Waals surface area contributed by atoms with E-state index in [1.54, 1.807) is 0 Å². The van der Waals surface area contributed by atoms with Crippen molar-refractivity contribution in [3.8, 4) is 17.7 Å². The highest BCUT2D eigenvalue weighted by Crippen LogP contribution is 2.28. The smallest absolute Gasteiger partial charge is 0.237 e. The van der Waals surface area contributed by atoms with Crippen LogP contribution in [0.15, 0.2) is 35.1 Å². The van der Waals surface area contributed by atoms with E-state index in [-0.39, 0.29) is 11.6 Å². The van der Waals surface area contributed by atoms with Crippen molar-refractivity contribution in [2.45, 2.75) is 0 Å². The lowest BCUT2D eigenvalue weighted by Gasteiger charge is -2.05. The van der Waals surface area contributed by atoms with Crippen molar-refractivity contribution in [2.75, 3.05) is 0 Å². The Kier molecular flexibility index (Phi) is 3.30. The van der Waals surface area contributed by atoms with Gasteiger partial charge in [0.1, 0.15) is 17.6 Å². The molecular weight excluding hydrogens is 289 g/mol. The zero-order valence-corrected chi connectivity index (χ0v) is 9.98. The van der Waals surface area contributed by atoms with E-state index in [0.717, 1.165) is 0 Å². The van der Waals surface area contributed by atoms with Crippen molar-refractivity contribution < 1.29 is 9.13 Å². The van der Waals surface area contributed by atoms with Crippen molar-refractivity contribution in [3.05, 3.63) is 46.6 Å². The molecule has 0 spiro atoms. The molecule has 1 aromatic carbocycles. The minimum absolute atomic E-state index is 0.190. The third kappa shape index (κ3) is 2.77. The SMILES string of the molecule is N#Cc1cnc(Oc2cc(F)ccc2Br)cn1. The van der Waals surface area contributed by atoms with Gasteiger partial charge in [-0.05, 0) is 28.1 Å². The molecule has 0 aliphatic heterocycles. The monoisotopic (exact) mass is 293 g/mol. The first kappa shape index (κ1) is 11.5. The maximum atomic E-state index is 13.0. The second kappa shape index (κ2) is 4.89. The third-order valence-corrected chi connectivity index (χ3v) is 2.51. The Bertz CT molecular complexity index is 580. The summed E-state index contributed by atoms with van der Waals surface area (Å²) in [7, 11) is 0. The minimum Gasteiger partial charge on any atom is -0.436 e. The van der Waals surface area contributed by atoms with Gasteiger partial charge in [0.05, 0.1) is 16.9 Å². The fourth-order valence-electron chi connectivity index (χ4n) is 1.09. The number of hydrogen-bond donors (Lipinski definition) is 0. The van der Waals surface area contributed by atoms with Crippen LogP contribution in [0, 0.1) is 17.1 Å². The van der Waals surface area contributed by atoms with Crippen LogP contribution in [-0.4, -0.2) is 9.97 Å². The summed E-state index contributed by atoms with van der Waals surface area (Å²) in [5.41, 5.74) is 0.190. The van der Waals surface area contributed by atoms with Gasteiger partial charge in [-0.1, -0.05) is 0 Å². The number of rotatable bonds is 2. The summed E-state index contributed by atoms with van der Waals surface area (Å²) in [6.45, 7) is 0. The van der Waals surface area contributed by atoms with Gasteiger partial charge in [0.25, 0.3) is 0 Å². The van der Waals surface area contributed by atoms with Gasteiger partial charge in [-0.15, -0.1) is 0 Å². The summed E-state index contributed by atoms with van der Waals surface area (Å²) >= 11 is 3.22. The molecule has 84 valence electrons. The topological polar surface area (TPSA) is 58.8 Å². The van der Waals surface area contributed by atoms with E-state index in [4.69, 9.17) is 10.00 Å². The molecule has 17 heavy (non-hydrogen) atoms. The molecule has 1 heterocycles. The average molecular weight is 294 g/mol. The van der Waals surface area contributed by atoms with E-state index in [1.807, 2.05) is 6.07 Å². The highest BCUT2D eigenvalue weighted by Gasteiger charge is 2.05. The molecule has 0 radical (unpaired) electrons. The van der Waals surface area contributed by atoms with Crippen molar-refractivity contribution in [1.29, 1.82) is 5.26 Å². The summed E-state index contributed by atoms with van der Waals surface area (Å²) in [6.07, 6.45) is 2.58. The second-order valence-electron chi connectivity index (χ2n) is 3.03. The van der Waals surface area contributed by atoms with Gasteiger partial charge in [0.2, 0.25) is 5.88 Å². The molecule has 0 unspecified atom stereocenters. The summed E-state index contributed by atoms with van der Waals surface area (Å²) in [4.78, 5) is 7.65. The standard InChI is InChI=1S/C11H5BrFN3O/c12-9-2-1-7(13)3-10(9)17-11-6-15-8(4-14)5-16-11/h1-3,5-6H. The number of hydrogen-bond acceptors (Lipinski definition) is 4. The lowest BCUT2D eigenvalue weighted by Crippen LogP contribution is -1.92. The fraction of sp³-hybridized carbons (Fsp3) is 0. The summed E-state index contributed by atoms with van der Waals surface area (Å²) in [5.74, 6) is 0.0733. The predicted molar refractivity (Wildman–Crippen MR) is 60.9 cm³/mol. The molecule has 0 aliphatic carbocycles. The molecular formula is C11H5BrFN3O. The van der Waals surface area contributed by atoms with Gasteiger partial charge in [-0.25, -0.2) is 14.4 Å². The van der Waals surface area contributed by atoms with Crippen molar-refractivity contribution in [2.24, 2.45) is 0 Å². The number of nitriles is 1. The van der Waals surface area contributed by atoms with Crippen LogP contribution in [0.3, 0.4) is 0 Å². The number of nitrogens with zero attached hydrogens (tertiary/aromatic N) is 3. The van der Waals surface area contributed by atoms with Gasteiger partial charge in [0.15, 0.2) is 5.69 Å². The van der Waals surface area contributed by atoms with Gasteiger partial charge in [-0.2, -0.15) is 5.26 Å². The van der Waals surface area contributed by atoms with Crippen molar-refractivity contribution >= 4 is 15.9 Å². The summed E-state index contributed by atoms with van der Waals surface area (Å²) < 4.78 is 18.9. The van der Waals surface area contributed by atoms with E-state index in [9.17, 15) is 4.39 Å². The summed E-state index contributed by atoms with van der Waals surface area (Å²) in [5, 5.41) is 8.55. The second-order valence-corrected chi connectivity index (χ2v) is 3.88. The minimum atomic E-state index is -0.412. The van der Waals surface area contributed by atoms with Crippen LogP contribution < -0.4 is 4.74 Å². The Morgan fingerprint density at radius 3 is 2.76 bits per heavy atom. The zero-order chi connectivity index (χ0) is 12.3. The number of aromatic nitrogens is 2. The molecule has 2 rings (SSSR count). The first-order valence-corrected chi connectivity index (χ1v) is 5.33. The van der Waals surface area contributed by atoms with E-state index in [0.29, 0.717) is 10.2 Å².